The Balaban J connectivity index is 2.42. The lowest BCUT2D eigenvalue weighted by molar-refractivity contribution is 0.276. The first kappa shape index (κ1) is 9.11. The molecule has 1 unspecified atom stereocenters. The first-order valence-electron chi connectivity index (χ1n) is 4.48. The van der Waals surface area contributed by atoms with Crippen LogP contribution >= 0.6 is 0 Å². The van der Waals surface area contributed by atoms with E-state index in [-0.39, 0.29) is 12.6 Å². The van der Waals surface area contributed by atoms with Crippen molar-refractivity contribution in [1.82, 2.24) is 15.2 Å². The molecule has 0 bridgehead atoms. The molecule has 2 aromatic heterocycles. The van der Waals surface area contributed by atoms with Crippen LogP contribution in [-0.2, 0) is 0 Å². The highest BCUT2D eigenvalue weighted by Gasteiger charge is 2.12. The molecule has 5 heteroatoms. The lowest BCUT2D eigenvalue weighted by Crippen LogP contribution is -2.12. The Kier molecular flexibility index (Phi) is 2.43. The van der Waals surface area contributed by atoms with Crippen LogP contribution in [0.4, 0.5) is 0 Å². The first-order valence-corrected chi connectivity index (χ1v) is 4.48. The van der Waals surface area contributed by atoms with Crippen LogP contribution in [0.15, 0.2) is 18.3 Å². The third-order valence-corrected chi connectivity index (χ3v) is 2.17. The van der Waals surface area contributed by atoms with Crippen LogP contribution in [-0.4, -0.2) is 26.9 Å². The quantitative estimate of drug-likeness (QED) is 0.654. The summed E-state index contributed by atoms with van der Waals surface area (Å²) in [7, 11) is 0. The second-order valence-electron chi connectivity index (χ2n) is 3.13. The molecular formula is C9H12N4O. The third-order valence-electron chi connectivity index (χ3n) is 2.17. The topological polar surface area (TPSA) is 87.8 Å². The summed E-state index contributed by atoms with van der Waals surface area (Å²) in [6.45, 7) is 0.0714. The Morgan fingerprint density at radius 1 is 1.57 bits per heavy atom. The van der Waals surface area contributed by atoms with E-state index in [4.69, 9.17) is 10.8 Å². The molecule has 2 aromatic rings. The Labute approximate surface area is 81.0 Å². The van der Waals surface area contributed by atoms with Crippen LogP contribution in [0.25, 0.3) is 11.0 Å². The number of hydrogen-bond donors (Lipinski definition) is 3. The number of aromatic amines is 1. The molecule has 5 nitrogen and oxygen atoms in total. The SMILES string of the molecule is NC(CCO)c1[nH]nc2ncccc12. The van der Waals surface area contributed by atoms with Gasteiger partial charge in [0.2, 0.25) is 0 Å². The largest absolute Gasteiger partial charge is 0.396 e. The zero-order valence-electron chi connectivity index (χ0n) is 7.64. The van der Waals surface area contributed by atoms with Gasteiger partial charge in [-0.1, -0.05) is 0 Å². The van der Waals surface area contributed by atoms with Gasteiger partial charge in [0.25, 0.3) is 0 Å². The monoisotopic (exact) mass is 192 g/mol. The molecule has 0 aromatic carbocycles. The maximum Gasteiger partial charge on any atom is 0.181 e. The number of hydrogen-bond acceptors (Lipinski definition) is 4. The number of aromatic nitrogens is 3. The summed E-state index contributed by atoms with van der Waals surface area (Å²) in [5.74, 6) is 0. The van der Waals surface area contributed by atoms with E-state index >= 15 is 0 Å². The van der Waals surface area contributed by atoms with Gasteiger partial charge in [-0.15, -0.1) is 0 Å². The fourth-order valence-corrected chi connectivity index (χ4v) is 1.44. The van der Waals surface area contributed by atoms with E-state index in [1.165, 1.54) is 0 Å². The first-order chi connectivity index (χ1) is 6.83. The fraction of sp³-hybridized carbons (Fsp3) is 0.333. The van der Waals surface area contributed by atoms with E-state index in [1.54, 1.807) is 6.20 Å². The second kappa shape index (κ2) is 3.73. The van der Waals surface area contributed by atoms with E-state index < -0.39 is 0 Å². The van der Waals surface area contributed by atoms with E-state index in [0.29, 0.717) is 12.1 Å². The molecule has 0 spiro atoms. The van der Waals surface area contributed by atoms with Crippen molar-refractivity contribution in [2.75, 3.05) is 6.61 Å². The lowest BCUT2D eigenvalue weighted by Gasteiger charge is -2.06. The van der Waals surface area contributed by atoms with E-state index in [1.807, 2.05) is 12.1 Å². The average molecular weight is 192 g/mol. The highest BCUT2D eigenvalue weighted by molar-refractivity contribution is 5.77. The van der Waals surface area contributed by atoms with Crippen LogP contribution in [0, 0.1) is 0 Å². The Morgan fingerprint density at radius 2 is 2.43 bits per heavy atom. The van der Waals surface area contributed by atoms with Crippen molar-refractivity contribution < 1.29 is 5.11 Å². The van der Waals surface area contributed by atoms with Gasteiger partial charge in [0, 0.05) is 24.2 Å². The summed E-state index contributed by atoms with van der Waals surface area (Å²) < 4.78 is 0. The van der Waals surface area contributed by atoms with Crippen molar-refractivity contribution in [3.05, 3.63) is 24.0 Å². The number of nitrogens with two attached hydrogens (primary N) is 1. The van der Waals surface area contributed by atoms with Gasteiger partial charge >= 0.3 is 0 Å². The van der Waals surface area contributed by atoms with Crippen molar-refractivity contribution in [2.24, 2.45) is 5.73 Å². The summed E-state index contributed by atoms with van der Waals surface area (Å²) in [5, 5.41) is 16.6. The summed E-state index contributed by atoms with van der Waals surface area (Å²) in [6.07, 6.45) is 2.21. The van der Waals surface area contributed by atoms with E-state index in [9.17, 15) is 0 Å². The molecule has 1 atom stereocenters. The highest BCUT2D eigenvalue weighted by Crippen LogP contribution is 2.19. The number of nitrogens with one attached hydrogen (secondary N) is 1. The predicted molar refractivity (Wildman–Crippen MR) is 52.5 cm³/mol. The predicted octanol–water partition coefficient (Wildman–Crippen LogP) is 0.340. The molecule has 0 fully saturated rings. The van der Waals surface area contributed by atoms with E-state index in [2.05, 4.69) is 15.2 Å². The maximum absolute atomic E-state index is 8.78. The highest BCUT2D eigenvalue weighted by atomic mass is 16.3. The zero-order chi connectivity index (χ0) is 9.97. The summed E-state index contributed by atoms with van der Waals surface area (Å²) in [4.78, 5) is 4.08. The number of aliphatic hydroxyl groups excluding tert-OH is 1. The Hall–Kier alpha value is -1.46. The molecule has 0 aliphatic heterocycles. The minimum Gasteiger partial charge on any atom is -0.396 e. The van der Waals surface area contributed by atoms with Gasteiger partial charge in [0.1, 0.15) is 0 Å². The van der Waals surface area contributed by atoms with Gasteiger partial charge in [-0.3, -0.25) is 5.10 Å². The van der Waals surface area contributed by atoms with Crippen molar-refractivity contribution in [3.8, 4) is 0 Å². The minimum atomic E-state index is -0.214. The molecule has 2 heterocycles. The van der Waals surface area contributed by atoms with Crippen LogP contribution in [0.2, 0.25) is 0 Å². The van der Waals surface area contributed by atoms with Crippen molar-refractivity contribution >= 4 is 11.0 Å². The molecule has 4 N–H and O–H groups in total. The van der Waals surface area contributed by atoms with Crippen molar-refractivity contribution in [3.63, 3.8) is 0 Å². The summed E-state index contributed by atoms with van der Waals surface area (Å²) in [6, 6.07) is 3.54. The van der Waals surface area contributed by atoms with Gasteiger partial charge in [0.05, 0.1) is 5.69 Å². The van der Waals surface area contributed by atoms with Gasteiger partial charge in [-0.25, -0.2) is 4.98 Å². The van der Waals surface area contributed by atoms with Crippen molar-refractivity contribution in [2.45, 2.75) is 12.5 Å². The van der Waals surface area contributed by atoms with Crippen LogP contribution in [0.3, 0.4) is 0 Å². The Bertz CT molecular complexity index is 425. The van der Waals surface area contributed by atoms with Crippen LogP contribution in [0.1, 0.15) is 18.2 Å². The molecule has 0 amide bonds. The zero-order valence-corrected chi connectivity index (χ0v) is 7.64. The lowest BCUT2D eigenvalue weighted by atomic mass is 10.1. The van der Waals surface area contributed by atoms with Crippen molar-refractivity contribution in [1.29, 1.82) is 0 Å². The van der Waals surface area contributed by atoms with Crippen LogP contribution < -0.4 is 5.73 Å². The maximum atomic E-state index is 8.78. The fourth-order valence-electron chi connectivity index (χ4n) is 1.44. The number of pyridine rings is 1. The van der Waals surface area contributed by atoms with Gasteiger partial charge < -0.3 is 10.8 Å². The second-order valence-corrected chi connectivity index (χ2v) is 3.13. The molecule has 14 heavy (non-hydrogen) atoms. The van der Waals surface area contributed by atoms with Gasteiger partial charge in [-0.2, -0.15) is 5.10 Å². The molecule has 2 rings (SSSR count). The van der Waals surface area contributed by atoms with Crippen LogP contribution in [0.5, 0.6) is 0 Å². The summed E-state index contributed by atoms with van der Waals surface area (Å²) >= 11 is 0. The standard InChI is InChI=1S/C9H12N4O/c10-7(3-5-14)8-6-2-1-4-11-9(6)13-12-8/h1-2,4,7,14H,3,5,10H2,(H,11,12,13). The number of H-pyrrole nitrogens is 1. The molecule has 0 radical (unpaired) electrons. The Morgan fingerprint density at radius 3 is 3.21 bits per heavy atom. The van der Waals surface area contributed by atoms with E-state index in [0.717, 1.165) is 11.1 Å². The number of aliphatic hydroxyl groups is 1. The number of rotatable bonds is 3. The smallest absolute Gasteiger partial charge is 0.181 e. The number of fused-ring (bicyclic) bond motifs is 1. The molecule has 0 aliphatic carbocycles. The number of nitrogens with zero attached hydrogens (tertiary/aromatic N) is 2. The molecule has 0 saturated heterocycles. The molecule has 0 saturated carbocycles. The normalized spacial score (nSPS) is 13.3. The van der Waals surface area contributed by atoms with Gasteiger partial charge in [-0.05, 0) is 18.6 Å². The average Bonchev–Trinajstić information content (AvgIpc) is 2.61. The molecular weight excluding hydrogens is 180 g/mol. The molecule has 0 aliphatic rings. The minimum absolute atomic E-state index is 0.0714. The van der Waals surface area contributed by atoms with Gasteiger partial charge in [0.15, 0.2) is 5.65 Å². The molecule has 74 valence electrons. The third kappa shape index (κ3) is 1.47. The summed E-state index contributed by atoms with van der Waals surface area (Å²) in [5.41, 5.74) is 7.36.